The number of carbonyl (C=O) groups is 1. The number of methoxy groups -OCH3 is 1. The smallest absolute Gasteiger partial charge is 0.235 e. The number of thioether (sulfide) groups is 1. The van der Waals surface area contributed by atoms with Gasteiger partial charge in [-0.3, -0.25) is 9.36 Å². The second-order valence-corrected chi connectivity index (χ2v) is 7.38. The molecule has 0 fully saturated rings. The first-order valence-corrected chi connectivity index (χ1v) is 9.49. The maximum Gasteiger partial charge on any atom is 0.235 e. The molecule has 3 aromatic rings. The number of carbonyl (C=O) groups excluding carboxylic acids is 1. The fourth-order valence-corrected chi connectivity index (χ4v) is 3.90. The summed E-state index contributed by atoms with van der Waals surface area (Å²) in [5, 5.41) is 8.83. The minimum Gasteiger partial charge on any atom is -0.497 e. The van der Waals surface area contributed by atoms with Gasteiger partial charge in [0.2, 0.25) is 5.91 Å². The van der Waals surface area contributed by atoms with Gasteiger partial charge in [-0.1, -0.05) is 42.1 Å². The molecule has 1 amide bonds. The first-order valence-electron chi connectivity index (χ1n) is 8.61. The molecule has 0 aliphatic carbocycles. The van der Waals surface area contributed by atoms with E-state index in [9.17, 15) is 4.79 Å². The molecule has 7 heteroatoms. The van der Waals surface area contributed by atoms with E-state index in [0.717, 1.165) is 22.7 Å². The van der Waals surface area contributed by atoms with Crippen molar-refractivity contribution in [3.8, 4) is 17.1 Å². The predicted molar refractivity (Wildman–Crippen MR) is 107 cm³/mol. The fourth-order valence-electron chi connectivity index (χ4n) is 2.78. The first-order chi connectivity index (χ1) is 13.0. The lowest BCUT2D eigenvalue weighted by atomic mass is 10.1. The first kappa shape index (κ1) is 19.0. The quantitative estimate of drug-likeness (QED) is 0.628. The lowest BCUT2D eigenvalue weighted by Crippen LogP contribution is -2.19. The number of ether oxygens (including phenoxy) is 1. The van der Waals surface area contributed by atoms with Gasteiger partial charge in [0.15, 0.2) is 11.0 Å². The Morgan fingerprint density at radius 3 is 2.30 bits per heavy atom. The molecule has 140 valence electrons. The highest BCUT2D eigenvalue weighted by Gasteiger charge is 2.25. The Kier molecular flexibility index (Phi) is 5.81. The van der Waals surface area contributed by atoms with Crippen molar-refractivity contribution in [3.63, 3.8) is 0 Å². The summed E-state index contributed by atoms with van der Waals surface area (Å²) < 4.78 is 7.24. The Morgan fingerprint density at radius 1 is 1.07 bits per heavy atom. The molecule has 0 spiro atoms. The number of amides is 1. The van der Waals surface area contributed by atoms with Gasteiger partial charge in [0.25, 0.3) is 0 Å². The SMILES string of the molecule is COc1ccc(-c2nnc(SC(C(N)=O)c3ccccc3)n2C(C)C)cc1. The molecule has 0 saturated heterocycles. The minimum atomic E-state index is -0.531. The molecule has 1 atom stereocenters. The van der Waals surface area contributed by atoms with E-state index in [-0.39, 0.29) is 6.04 Å². The molecule has 3 rings (SSSR count). The summed E-state index contributed by atoms with van der Waals surface area (Å²) >= 11 is 1.32. The lowest BCUT2D eigenvalue weighted by Gasteiger charge is -2.17. The van der Waals surface area contributed by atoms with Gasteiger partial charge in [0.1, 0.15) is 11.0 Å². The summed E-state index contributed by atoms with van der Waals surface area (Å²) in [6.07, 6.45) is 0. The van der Waals surface area contributed by atoms with Crippen LogP contribution in [0.2, 0.25) is 0 Å². The highest BCUT2D eigenvalue weighted by Crippen LogP contribution is 2.37. The van der Waals surface area contributed by atoms with Gasteiger partial charge in [-0.15, -0.1) is 10.2 Å². The van der Waals surface area contributed by atoms with Crippen LogP contribution in [-0.2, 0) is 4.79 Å². The lowest BCUT2D eigenvalue weighted by molar-refractivity contribution is -0.117. The zero-order chi connectivity index (χ0) is 19.4. The predicted octanol–water partition coefficient (Wildman–Crippen LogP) is 3.85. The number of aromatic nitrogens is 3. The second-order valence-electron chi connectivity index (χ2n) is 6.31. The van der Waals surface area contributed by atoms with Crippen molar-refractivity contribution < 1.29 is 9.53 Å². The molecule has 2 aromatic carbocycles. The van der Waals surface area contributed by atoms with Crippen molar-refractivity contribution in [2.24, 2.45) is 5.73 Å². The van der Waals surface area contributed by atoms with Gasteiger partial charge in [0.05, 0.1) is 7.11 Å². The molecule has 0 saturated carbocycles. The van der Waals surface area contributed by atoms with E-state index in [4.69, 9.17) is 10.5 Å². The van der Waals surface area contributed by atoms with E-state index >= 15 is 0 Å². The van der Waals surface area contributed by atoms with E-state index < -0.39 is 11.2 Å². The number of hydrogen-bond acceptors (Lipinski definition) is 5. The van der Waals surface area contributed by atoms with Crippen LogP contribution in [0.5, 0.6) is 5.75 Å². The molecule has 2 N–H and O–H groups in total. The molecule has 0 radical (unpaired) electrons. The van der Waals surface area contributed by atoms with Crippen LogP contribution in [0.4, 0.5) is 0 Å². The molecule has 1 heterocycles. The summed E-state index contributed by atoms with van der Waals surface area (Å²) in [6, 6.07) is 17.2. The Labute approximate surface area is 162 Å². The molecular formula is C20H22N4O2S. The molecule has 6 nitrogen and oxygen atoms in total. The second kappa shape index (κ2) is 8.26. The van der Waals surface area contributed by atoms with Crippen molar-refractivity contribution in [3.05, 3.63) is 60.2 Å². The number of primary amides is 1. The van der Waals surface area contributed by atoms with E-state index in [1.165, 1.54) is 11.8 Å². The normalized spacial score (nSPS) is 12.1. The molecular weight excluding hydrogens is 360 g/mol. The average molecular weight is 382 g/mol. The van der Waals surface area contributed by atoms with E-state index in [1.54, 1.807) is 7.11 Å². The van der Waals surface area contributed by atoms with Crippen LogP contribution in [-0.4, -0.2) is 27.8 Å². The standard InChI is InChI=1S/C20H22N4O2S/c1-13(2)24-19(15-9-11-16(26-3)12-10-15)22-23-20(24)27-17(18(21)25)14-7-5-4-6-8-14/h4-13,17H,1-3H3,(H2,21,25). The van der Waals surface area contributed by atoms with Crippen LogP contribution in [0.15, 0.2) is 59.8 Å². The van der Waals surface area contributed by atoms with Gasteiger partial charge >= 0.3 is 0 Å². The maximum absolute atomic E-state index is 12.1. The molecule has 1 unspecified atom stereocenters. The molecule has 0 aliphatic rings. The Morgan fingerprint density at radius 2 is 1.74 bits per heavy atom. The van der Waals surface area contributed by atoms with Gasteiger partial charge in [0, 0.05) is 11.6 Å². The molecule has 1 aromatic heterocycles. The molecule has 27 heavy (non-hydrogen) atoms. The van der Waals surface area contributed by atoms with Gasteiger partial charge in [-0.2, -0.15) is 0 Å². The van der Waals surface area contributed by atoms with Crippen LogP contribution < -0.4 is 10.5 Å². The number of hydrogen-bond donors (Lipinski definition) is 1. The van der Waals surface area contributed by atoms with Crippen molar-refractivity contribution in [2.45, 2.75) is 30.3 Å². The third-order valence-corrected chi connectivity index (χ3v) is 5.34. The third-order valence-electron chi connectivity index (χ3n) is 4.11. The van der Waals surface area contributed by atoms with E-state index in [0.29, 0.717) is 5.16 Å². The summed E-state index contributed by atoms with van der Waals surface area (Å²) in [4.78, 5) is 12.1. The van der Waals surface area contributed by atoms with E-state index in [1.807, 2.05) is 59.2 Å². The molecule has 0 aliphatic heterocycles. The average Bonchev–Trinajstić information content (AvgIpc) is 3.10. The number of rotatable bonds is 7. The topological polar surface area (TPSA) is 83.0 Å². The molecule has 0 bridgehead atoms. The highest BCUT2D eigenvalue weighted by molar-refractivity contribution is 8.00. The third kappa shape index (κ3) is 4.14. The maximum atomic E-state index is 12.1. The Bertz CT molecular complexity index is 907. The van der Waals surface area contributed by atoms with Crippen molar-refractivity contribution >= 4 is 17.7 Å². The number of benzene rings is 2. The van der Waals surface area contributed by atoms with Crippen LogP contribution in [0, 0.1) is 0 Å². The highest BCUT2D eigenvalue weighted by atomic mass is 32.2. The van der Waals surface area contributed by atoms with Crippen LogP contribution >= 0.6 is 11.8 Å². The zero-order valence-corrected chi connectivity index (χ0v) is 16.3. The Hall–Kier alpha value is -2.80. The van der Waals surface area contributed by atoms with Gasteiger partial charge in [-0.05, 0) is 43.7 Å². The summed E-state index contributed by atoms with van der Waals surface area (Å²) in [6.45, 7) is 4.12. The van der Waals surface area contributed by atoms with Crippen LogP contribution in [0.3, 0.4) is 0 Å². The van der Waals surface area contributed by atoms with Crippen molar-refractivity contribution in [2.75, 3.05) is 7.11 Å². The van der Waals surface area contributed by atoms with E-state index in [2.05, 4.69) is 24.0 Å². The van der Waals surface area contributed by atoms with Gasteiger partial charge < -0.3 is 10.5 Å². The summed E-state index contributed by atoms with van der Waals surface area (Å²) in [5.74, 6) is 1.11. The van der Waals surface area contributed by atoms with Gasteiger partial charge in [-0.25, -0.2) is 0 Å². The number of nitrogens with two attached hydrogens (primary N) is 1. The largest absolute Gasteiger partial charge is 0.497 e. The van der Waals surface area contributed by atoms with Crippen LogP contribution in [0.1, 0.15) is 30.7 Å². The summed E-state index contributed by atoms with van der Waals surface area (Å²) in [7, 11) is 1.63. The summed E-state index contributed by atoms with van der Waals surface area (Å²) in [5.41, 5.74) is 7.44. The Balaban J connectivity index is 1.98. The number of nitrogens with zero attached hydrogens (tertiary/aromatic N) is 3. The monoisotopic (exact) mass is 382 g/mol. The minimum absolute atomic E-state index is 0.115. The van der Waals surface area contributed by atoms with Crippen molar-refractivity contribution in [1.29, 1.82) is 0 Å². The van der Waals surface area contributed by atoms with Crippen molar-refractivity contribution in [1.82, 2.24) is 14.8 Å². The fraction of sp³-hybridized carbons (Fsp3) is 0.250. The zero-order valence-electron chi connectivity index (χ0n) is 15.5. The van der Waals surface area contributed by atoms with Crippen LogP contribution in [0.25, 0.3) is 11.4 Å².